The highest BCUT2D eigenvalue weighted by atomic mass is 19.4. The Hall–Kier alpha value is -2.31. The van der Waals surface area contributed by atoms with Crippen molar-refractivity contribution in [2.24, 2.45) is 4.99 Å². The van der Waals surface area contributed by atoms with Gasteiger partial charge in [-0.2, -0.15) is 26.3 Å². The summed E-state index contributed by atoms with van der Waals surface area (Å²) in [4.78, 5) is 3.50. The van der Waals surface area contributed by atoms with Gasteiger partial charge in [-0.25, -0.2) is 0 Å². The van der Waals surface area contributed by atoms with E-state index in [0.29, 0.717) is 17.7 Å². The van der Waals surface area contributed by atoms with Gasteiger partial charge >= 0.3 is 12.4 Å². The van der Waals surface area contributed by atoms with Crippen molar-refractivity contribution in [3.63, 3.8) is 0 Å². The van der Waals surface area contributed by atoms with Gasteiger partial charge < -0.3 is 0 Å². The predicted octanol–water partition coefficient (Wildman–Crippen LogP) is 5.43. The summed E-state index contributed by atoms with van der Waals surface area (Å²) in [6.07, 6.45) is -8.25. The molecule has 0 N–H and O–H groups in total. The van der Waals surface area contributed by atoms with Crippen LogP contribution in [0.3, 0.4) is 0 Å². The molecule has 1 nitrogen and oxygen atoms in total. The van der Waals surface area contributed by atoms with Crippen LogP contribution in [0, 0.1) is 0 Å². The Morgan fingerprint density at radius 3 is 1.83 bits per heavy atom. The standard InChI is InChI=1S/C16H11F6N/c17-15(18,19)13-8-6-12(7-9-13)14(16(20,21)22)23-10-11-4-2-1-3-5-11/h1-10,14H. The van der Waals surface area contributed by atoms with E-state index >= 15 is 0 Å². The zero-order valence-electron chi connectivity index (χ0n) is 11.6. The molecule has 0 bridgehead atoms. The van der Waals surface area contributed by atoms with Crippen LogP contribution < -0.4 is 0 Å². The zero-order valence-corrected chi connectivity index (χ0v) is 11.6. The molecule has 2 rings (SSSR count). The van der Waals surface area contributed by atoms with Crippen molar-refractivity contribution in [1.82, 2.24) is 0 Å². The average Bonchev–Trinajstić information content (AvgIpc) is 2.47. The molecule has 0 aliphatic heterocycles. The molecule has 1 atom stereocenters. The summed E-state index contributed by atoms with van der Waals surface area (Å²) >= 11 is 0. The summed E-state index contributed by atoms with van der Waals surface area (Å²) in [6.45, 7) is 0. The van der Waals surface area contributed by atoms with E-state index < -0.39 is 24.0 Å². The van der Waals surface area contributed by atoms with Crippen molar-refractivity contribution in [2.45, 2.75) is 18.4 Å². The third-order valence-corrected chi connectivity index (χ3v) is 3.04. The number of rotatable bonds is 3. The van der Waals surface area contributed by atoms with Crippen LogP contribution in [-0.2, 0) is 6.18 Å². The number of benzene rings is 2. The molecule has 0 aromatic heterocycles. The van der Waals surface area contributed by atoms with E-state index in [1.807, 2.05) is 0 Å². The van der Waals surface area contributed by atoms with Crippen molar-refractivity contribution in [3.05, 3.63) is 71.3 Å². The fourth-order valence-corrected chi connectivity index (χ4v) is 1.91. The Kier molecular flexibility index (Phi) is 4.77. The lowest BCUT2D eigenvalue weighted by atomic mass is 10.0. The molecule has 0 amide bonds. The number of hydrogen-bond acceptors (Lipinski definition) is 1. The maximum Gasteiger partial charge on any atom is 0.416 e. The lowest BCUT2D eigenvalue weighted by molar-refractivity contribution is -0.148. The molecular weight excluding hydrogens is 320 g/mol. The highest BCUT2D eigenvalue weighted by molar-refractivity contribution is 5.79. The summed E-state index contributed by atoms with van der Waals surface area (Å²) in [5.74, 6) is 0. The van der Waals surface area contributed by atoms with Gasteiger partial charge in [0.25, 0.3) is 0 Å². The largest absolute Gasteiger partial charge is 0.416 e. The fraction of sp³-hybridized carbons (Fsp3) is 0.188. The topological polar surface area (TPSA) is 12.4 Å². The monoisotopic (exact) mass is 331 g/mol. The maximum absolute atomic E-state index is 13.1. The van der Waals surface area contributed by atoms with E-state index in [0.717, 1.165) is 18.3 Å². The average molecular weight is 331 g/mol. The quantitative estimate of drug-likeness (QED) is 0.525. The zero-order chi connectivity index (χ0) is 17.1. The lowest BCUT2D eigenvalue weighted by Gasteiger charge is -2.17. The minimum atomic E-state index is -4.70. The van der Waals surface area contributed by atoms with Crippen molar-refractivity contribution >= 4 is 6.21 Å². The van der Waals surface area contributed by atoms with Gasteiger partial charge in [0.15, 0.2) is 6.04 Å². The number of hydrogen-bond donors (Lipinski definition) is 0. The van der Waals surface area contributed by atoms with E-state index in [1.54, 1.807) is 30.3 Å². The van der Waals surface area contributed by atoms with E-state index in [-0.39, 0.29) is 5.56 Å². The molecule has 0 heterocycles. The first-order chi connectivity index (χ1) is 10.7. The molecule has 1 unspecified atom stereocenters. The van der Waals surface area contributed by atoms with Crippen LogP contribution in [0.25, 0.3) is 0 Å². The van der Waals surface area contributed by atoms with E-state index in [9.17, 15) is 26.3 Å². The van der Waals surface area contributed by atoms with E-state index in [1.165, 1.54) is 0 Å². The van der Waals surface area contributed by atoms with Crippen LogP contribution in [-0.4, -0.2) is 12.4 Å². The van der Waals surface area contributed by atoms with Gasteiger partial charge in [0.2, 0.25) is 0 Å². The van der Waals surface area contributed by atoms with Crippen molar-refractivity contribution in [2.75, 3.05) is 0 Å². The van der Waals surface area contributed by atoms with Gasteiger partial charge in [0, 0.05) is 6.21 Å². The molecule has 0 saturated carbocycles. The summed E-state index contributed by atoms with van der Waals surface area (Å²) in [7, 11) is 0. The summed E-state index contributed by atoms with van der Waals surface area (Å²) in [6, 6.07) is 8.74. The van der Waals surface area contributed by atoms with Gasteiger partial charge in [0.1, 0.15) is 0 Å². The van der Waals surface area contributed by atoms with Crippen LogP contribution in [0.15, 0.2) is 59.6 Å². The number of alkyl halides is 6. The highest BCUT2D eigenvalue weighted by Gasteiger charge is 2.41. The SMILES string of the molecule is FC(F)(F)c1ccc(C(N=Cc2ccccc2)C(F)(F)F)cc1. The second kappa shape index (κ2) is 6.44. The molecule has 122 valence electrons. The third-order valence-electron chi connectivity index (χ3n) is 3.04. The molecule has 0 aliphatic carbocycles. The summed E-state index contributed by atoms with van der Waals surface area (Å²) < 4.78 is 76.7. The van der Waals surface area contributed by atoms with Gasteiger partial charge in [-0.05, 0) is 23.3 Å². The first-order valence-electron chi connectivity index (χ1n) is 6.50. The molecule has 0 spiro atoms. The minimum absolute atomic E-state index is 0.349. The van der Waals surface area contributed by atoms with Gasteiger partial charge in [-0.3, -0.25) is 4.99 Å². The summed E-state index contributed by atoms with van der Waals surface area (Å²) in [5, 5.41) is 0. The van der Waals surface area contributed by atoms with Gasteiger partial charge in [-0.15, -0.1) is 0 Å². The van der Waals surface area contributed by atoms with Crippen LogP contribution in [0.2, 0.25) is 0 Å². The minimum Gasteiger partial charge on any atom is -0.275 e. The van der Waals surface area contributed by atoms with Gasteiger partial charge in [-0.1, -0.05) is 42.5 Å². The lowest BCUT2D eigenvalue weighted by Crippen LogP contribution is -2.19. The Morgan fingerprint density at radius 2 is 1.35 bits per heavy atom. The maximum atomic E-state index is 13.1. The molecule has 23 heavy (non-hydrogen) atoms. The first-order valence-corrected chi connectivity index (χ1v) is 6.50. The second-order valence-electron chi connectivity index (χ2n) is 4.75. The number of aliphatic imine (C=N–C) groups is 1. The predicted molar refractivity (Wildman–Crippen MR) is 74.3 cm³/mol. The molecule has 0 aliphatic rings. The van der Waals surface area contributed by atoms with Crippen molar-refractivity contribution < 1.29 is 26.3 Å². The molecule has 0 fully saturated rings. The summed E-state index contributed by atoms with van der Waals surface area (Å²) in [5.41, 5.74) is -0.888. The van der Waals surface area contributed by atoms with E-state index in [4.69, 9.17) is 0 Å². The molecular formula is C16H11F6N. The van der Waals surface area contributed by atoms with Gasteiger partial charge in [0.05, 0.1) is 5.56 Å². The van der Waals surface area contributed by atoms with Crippen molar-refractivity contribution in [1.29, 1.82) is 0 Å². The molecule has 0 saturated heterocycles. The Bertz CT molecular complexity index is 656. The van der Waals surface area contributed by atoms with Crippen LogP contribution in [0.4, 0.5) is 26.3 Å². The first kappa shape index (κ1) is 17.1. The Morgan fingerprint density at radius 1 is 0.783 bits per heavy atom. The fourth-order valence-electron chi connectivity index (χ4n) is 1.91. The Labute approximate surface area is 128 Å². The Balaban J connectivity index is 2.31. The van der Waals surface area contributed by atoms with Crippen LogP contribution in [0.5, 0.6) is 0 Å². The third kappa shape index (κ3) is 4.58. The normalized spacial score (nSPS) is 14.2. The van der Waals surface area contributed by atoms with E-state index in [2.05, 4.69) is 4.99 Å². The van der Waals surface area contributed by atoms with Crippen molar-refractivity contribution in [3.8, 4) is 0 Å². The van der Waals surface area contributed by atoms with Crippen LogP contribution in [0.1, 0.15) is 22.7 Å². The second-order valence-corrected chi connectivity index (χ2v) is 4.75. The number of nitrogens with zero attached hydrogens (tertiary/aromatic N) is 1. The highest BCUT2D eigenvalue weighted by Crippen LogP contribution is 2.37. The number of halogens is 6. The van der Waals surface area contributed by atoms with Crippen LogP contribution >= 0.6 is 0 Å². The smallest absolute Gasteiger partial charge is 0.275 e. The molecule has 2 aromatic rings. The molecule has 0 radical (unpaired) electrons. The molecule has 2 aromatic carbocycles. The molecule has 7 heteroatoms.